The van der Waals surface area contributed by atoms with Crippen molar-refractivity contribution < 1.29 is 9.84 Å². The second kappa shape index (κ2) is 8.88. The summed E-state index contributed by atoms with van der Waals surface area (Å²) in [7, 11) is 0. The van der Waals surface area contributed by atoms with Gasteiger partial charge in [0.05, 0.1) is 18.8 Å². The summed E-state index contributed by atoms with van der Waals surface area (Å²) in [6.07, 6.45) is 17.0. The molecule has 0 aromatic rings. The van der Waals surface area contributed by atoms with Crippen LogP contribution in [0, 0.1) is 23.2 Å². The largest absolute Gasteiger partial charge is 0.390 e. The summed E-state index contributed by atoms with van der Waals surface area (Å²) in [5, 5.41) is 10.0. The normalized spacial score (nSPS) is 32.6. The van der Waals surface area contributed by atoms with E-state index in [4.69, 9.17) is 4.74 Å². The molecule has 158 valence electrons. The van der Waals surface area contributed by atoms with Crippen LogP contribution < -0.4 is 0 Å². The Bertz CT molecular complexity index is 633. The van der Waals surface area contributed by atoms with Crippen LogP contribution in [0.25, 0.3) is 0 Å². The maximum atomic E-state index is 10.0. The van der Waals surface area contributed by atoms with Gasteiger partial charge >= 0.3 is 0 Å². The molecular formula is C26H42O2. The second-order valence-corrected chi connectivity index (χ2v) is 10.6. The summed E-state index contributed by atoms with van der Waals surface area (Å²) in [5.74, 6) is 2.29. The van der Waals surface area contributed by atoms with E-state index < -0.39 is 5.60 Å². The quantitative estimate of drug-likeness (QED) is 0.533. The maximum absolute atomic E-state index is 10.0. The molecule has 0 bridgehead atoms. The van der Waals surface area contributed by atoms with Gasteiger partial charge in [0.1, 0.15) is 0 Å². The fourth-order valence-electron chi connectivity index (χ4n) is 6.18. The van der Waals surface area contributed by atoms with Crippen molar-refractivity contribution in [3.63, 3.8) is 0 Å². The van der Waals surface area contributed by atoms with Gasteiger partial charge in [0.15, 0.2) is 0 Å². The smallest absolute Gasteiger partial charge is 0.0679 e. The molecule has 1 saturated carbocycles. The van der Waals surface area contributed by atoms with Gasteiger partial charge in [0, 0.05) is 0 Å². The summed E-state index contributed by atoms with van der Waals surface area (Å²) in [6, 6.07) is 0. The van der Waals surface area contributed by atoms with Gasteiger partial charge in [0.2, 0.25) is 0 Å². The molecule has 2 heteroatoms. The van der Waals surface area contributed by atoms with Gasteiger partial charge in [0.25, 0.3) is 0 Å². The van der Waals surface area contributed by atoms with Crippen molar-refractivity contribution in [3.05, 3.63) is 34.9 Å². The zero-order chi connectivity index (χ0) is 20.4. The summed E-state index contributed by atoms with van der Waals surface area (Å²) in [5.41, 5.74) is 4.39. The number of fused-ring (bicyclic) bond motifs is 1. The zero-order valence-electron chi connectivity index (χ0n) is 18.9. The first-order valence-electron chi connectivity index (χ1n) is 11.6. The van der Waals surface area contributed by atoms with E-state index in [2.05, 4.69) is 39.0 Å². The lowest BCUT2D eigenvalue weighted by molar-refractivity contribution is 0.0613. The molecule has 1 N–H and O–H groups in total. The van der Waals surface area contributed by atoms with Gasteiger partial charge < -0.3 is 9.84 Å². The van der Waals surface area contributed by atoms with Gasteiger partial charge in [-0.15, -0.1) is 0 Å². The molecule has 0 aromatic heterocycles. The molecule has 3 rings (SSSR count). The molecule has 3 aliphatic rings. The Labute approximate surface area is 173 Å². The van der Waals surface area contributed by atoms with Crippen molar-refractivity contribution in [3.8, 4) is 0 Å². The van der Waals surface area contributed by atoms with Crippen LogP contribution in [0.1, 0.15) is 86.0 Å². The van der Waals surface area contributed by atoms with Gasteiger partial charge in [-0.05, 0) is 99.2 Å². The molecule has 28 heavy (non-hydrogen) atoms. The van der Waals surface area contributed by atoms with Gasteiger partial charge in [-0.25, -0.2) is 0 Å². The lowest BCUT2D eigenvalue weighted by atomic mass is 9.62. The van der Waals surface area contributed by atoms with E-state index >= 15 is 0 Å². The van der Waals surface area contributed by atoms with Gasteiger partial charge in [-0.3, -0.25) is 0 Å². The Kier molecular flexibility index (Phi) is 6.92. The number of hydrogen-bond donors (Lipinski definition) is 1. The first-order chi connectivity index (χ1) is 13.2. The molecular weight excluding hydrogens is 344 g/mol. The van der Waals surface area contributed by atoms with E-state index in [9.17, 15) is 5.11 Å². The number of ether oxygens (including phenoxy) is 1. The van der Waals surface area contributed by atoms with Crippen LogP contribution in [-0.2, 0) is 4.74 Å². The van der Waals surface area contributed by atoms with Crippen molar-refractivity contribution in [2.45, 2.75) is 91.6 Å². The van der Waals surface area contributed by atoms with Crippen LogP contribution in [-0.4, -0.2) is 23.9 Å². The molecule has 1 aliphatic heterocycles. The van der Waals surface area contributed by atoms with Crippen molar-refractivity contribution in [1.29, 1.82) is 0 Å². The predicted molar refractivity (Wildman–Crippen MR) is 118 cm³/mol. The lowest BCUT2D eigenvalue weighted by Crippen LogP contribution is -2.35. The monoisotopic (exact) mass is 386 g/mol. The summed E-state index contributed by atoms with van der Waals surface area (Å²) in [6.45, 7) is 12.8. The zero-order valence-corrected chi connectivity index (χ0v) is 18.9. The molecule has 1 fully saturated rings. The third-order valence-electron chi connectivity index (χ3n) is 7.87. The molecule has 2 aliphatic carbocycles. The maximum Gasteiger partial charge on any atom is 0.0679 e. The van der Waals surface area contributed by atoms with E-state index in [1.807, 2.05) is 13.8 Å². The minimum absolute atomic E-state index is 0.446. The molecule has 0 amide bonds. The van der Waals surface area contributed by atoms with Crippen LogP contribution in [0.2, 0.25) is 0 Å². The van der Waals surface area contributed by atoms with Crippen LogP contribution in [0.5, 0.6) is 0 Å². The van der Waals surface area contributed by atoms with Crippen molar-refractivity contribution in [1.82, 2.24) is 0 Å². The number of aliphatic hydroxyl groups is 1. The SMILES string of the molecule is CC1=C(/C=C\C2=CCC[C@]3(C)[C@@H]([C@H](C)CCCC(C)(C)O)CC[C@@H]23)CCOC1. The van der Waals surface area contributed by atoms with E-state index in [-0.39, 0.29) is 0 Å². The number of rotatable bonds is 7. The first-order valence-corrected chi connectivity index (χ1v) is 11.6. The third-order valence-corrected chi connectivity index (χ3v) is 7.87. The molecule has 0 saturated heterocycles. The molecule has 1 heterocycles. The summed E-state index contributed by atoms with van der Waals surface area (Å²) >= 11 is 0. The highest BCUT2D eigenvalue weighted by molar-refractivity contribution is 5.35. The molecule has 0 spiro atoms. The Morgan fingerprint density at radius 1 is 1.32 bits per heavy atom. The fraction of sp³-hybridized carbons (Fsp3) is 0.769. The van der Waals surface area contributed by atoms with E-state index in [0.717, 1.165) is 50.2 Å². The topological polar surface area (TPSA) is 29.5 Å². The Morgan fingerprint density at radius 3 is 2.82 bits per heavy atom. The highest BCUT2D eigenvalue weighted by Gasteiger charge is 2.49. The van der Waals surface area contributed by atoms with E-state index in [1.165, 1.54) is 43.3 Å². The fourth-order valence-corrected chi connectivity index (χ4v) is 6.18. The summed E-state index contributed by atoms with van der Waals surface area (Å²) in [4.78, 5) is 0. The Hall–Kier alpha value is -0.860. The standard InChI is InChI=1S/C26H42O2/c1-19(8-6-15-25(3,4)27)23-12-13-24-22(9-7-16-26(23,24)5)11-10-21-14-17-28-18-20(21)2/h9-11,19,23-24,27H,6-8,12-18H2,1-5H3/b11-10-/t19-,23-,24+,26-/m1/s1. The molecule has 0 radical (unpaired) electrons. The third kappa shape index (κ3) is 5.00. The van der Waals surface area contributed by atoms with Crippen molar-refractivity contribution >= 4 is 0 Å². The number of hydrogen-bond acceptors (Lipinski definition) is 2. The van der Waals surface area contributed by atoms with Crippen LogP contribution >= 0.6 is 0 Å². The van der Waals surface area contributed by atoms with Crippen molar-refractivity contribution in [2.24, 2.45) is 23.2 Å². The lowest BCUT2D eigenvalue weighted by Gasteiger charge is -2.43. The highest BCUT2D eigenvalue weighted by atomic mass is 16.5. The minimum Gasteiger partial charge on any atom is -0.390 e. The van der Waals surface area contributed by atoms with Crippen LogP contribution in [0.4, 0.5) is 0 Å². The average molecular weight is 387 g/mol. The highest BCUT2D eigenvalue weighted by Crippen LogP contribution is 2.58. The summed E-state index contributed by atoms with van der Waals surface area (Å²) < 4.78 is 5.56. The van der Waals surface area contributed by atoms with E-state index in [1.54, 1.807) is 5.57 Å². The molecule has 4 atom stereocenters. The second-order valence-electron chi connectivity index (χ2n) is 10.6. The minimum atomic E-state index is -0.523. The van der Waals surface area contributed by atoms with Crippen LogP contribution in [0.15, 0.2) is 34.9 Å². The van der Waals surface area contributed by atoms with Crippen LogP contribution in [0.3, 0.4) is 0 Å². The Morgan fingerprint density at radius 2 is 2.11 bits per heavy atom. The first kappa shape index (κ1) is 21.8. The molecule has 2 nitrogen and oxygen atoms in total. The number of allylic oxidation sites excluding steroid dienone is 4. The average Bonchev–Trinajstić information content (AvgIpc) is 2.97. The molecule has 0 unspecified atom stereocenters. The van der Waals surface area contributed by atoms with Crippen molar-refractivity contribution in [2.75, 3.05) is 13.2 Å². The molecule has 0 aromatic carbocycles. The van der Waals surface area contributed by atoms with E-state index in [0.29, 0.717) is 5.41 Å². The van der Waals surface area contributed by atoms with Gasteiger partial charge in [-0.1, -0.05) is 44.9 Å². The van der Waals surface area contributed by atoms with Gasteiger partial charge in [-0.2, -0.15) is 0 Å². The Balaban J connectivity index is 1.66. The predicted octanol–water partition coefficient (Wildman–Crippen LogP) is 6.61.